The van der Waals surface area contributed by atoms with Gasteiger partial charge in [0.05, 0.1) is 0 Å². The van der Waals surface area contributed by atoms with Crippen molar-refractivity contribution in [2.45, 2.75) is 48.5 Å². The van der Waals surface area contributed by atoms with Gasteiger partial charge in [0, 0.05) is 6.42 Å². The number of halogens is 4. The molecule has 0 radical (unpaired) electrons. The summed E-state index contributed by atoms with van der Waals surface area (Å²) in [5.41, 5.74) is -8.76. The summed E-state index contributed by atoms with van der Waals surface area (Å²) in [5, 5.41) is 1.63. The predicted molar refractivity (Wildman–Crippen MR) is 42.0 cm³/mol. The van der Waals surface area contributed by atoms with Crippen LogP contribution in [-0.2, 0) is 4.79 Å². The lowest BCUT2D eigenvalue weighted by atomic mass is 9.49. The van der Waals surface area contributed by atoms with E-state index in [1.807, 2.05) is 0 Å². The molecule has 2 saturated heterocycles. The van der Waals surface area contributed by atoms with Gasteiger partial charge in [0.15, 0.2) is 5.67 Å². The van der Waals surface area contributed by atoms with Crippen molar-refractivity contribution in [2.24, 2.45) is 0 Å². The molecule has 2 nitrogen and oxygen atoms in total. The molecule has 0 spiro atoms. The Labute approximate surface area is 83.0 Å². The summed E-state index contributed by atoms with van der Waals surface area (Å²) in [7, 11) is 0. The second kappa shape index (κ2) is 2.01. The van der Waals surface area contributed by atoms with E-state index in [0.29, 0.717) is 0 Å². The van der Waals surface area contributed by atoms with Gasteiger partial charge in [0.1, 0.15) is 0 Å². The van der Waals surface area contributed by atoms with Gasteiger partial charge in [-0.15, -0.1) is 0 Å². The Kier molecular flexibility index (Phi) is 1.27. The largest absolute Gasteiger partial charge is 0.318 e. The minimum absolute atomic E-state index is 0.383. The molecule has 4 unspecified atom stereocenters. The minimum atomic E-state index is -2.98. The van der Waals surface area contributed by atoms with Crippen molar-refractivity contribution in [3.63, 3.8) is 0 Å². The molecular formula is C9H9F4NO. The Morgan fingerprint density at radius 2 is 1.53 bits per heavy atom. The number of rotatable bonds is 0. The summed E-state index contributed by atoms with van der Waals surface area (Å²) in [6, 6.07) is 0. The van der Waals surface area contributed by atoms with E-state index in [0.717, 1.165) is 0 Å². The van der Waals surface area contributed by atoms with E-state index in [-0.39, 0.29) is 6.42 Å². The Morgan fingerprint density at radius 1 is 0.933 bits per heavy atom. The summed E-state index contributed by atoms with van der Waals surface area (Å²) in [6.07, 6.45) is -1.90. The van der Waals surface area contributed by atoms with Crippen LogP contribution in [0.25, 0.3) is 0 Å². The highest BCUT2D eigenvalue weighted by molar-refractivity contribution is 5.91. The maximum atomic E-state index is 14.1. The molecule has 4 fully saturated rings. The first-order chi connectivity index (χ1) is 6.79. The molecule has 6 heteroatoms. The monoisotopic (exact) mass is 223 g/mol. The third kappa shape index (κ3) is 0.630. The Hall–Kier alpha value is -0.810. The van der Waals surface area contributed by atoms with E-state index in [2.05, 4.69) is 0 Å². The topological polar surface area (TPSA) is 29.1 Å². The van der Waals surface area contributed by atoms with E-state index in [1.54, 1.807) is 5.32 Å². The van der Waals surface area contributed by atoms with E-state index >= 15 is 0 Å². The highest BCUT2D eigenvalue weighted by Gasteiger charge is 2.88. The normalized spacial score (nSPS) is 62.0. The first-order valence-corrected chi connectivity index (χ1v) is 4.87. The maximum Gasteiger partial charge on any atom is 0.263 e. The zero-order valence-electron chi connectivity index (χ0n) is 7.75. The molecule has 2 bridgehead atoms. The van der Waals surface area contributed by atoms with Crippen LogP contribution in [0.3, 0.4) is 0 Å². The van der Waals surface area contributed by atoms with E-state index in [1.165, 1.54) is 0 Å². The highest BCUT2D eigenvalue weighted by atomic mass is 19.2. The molecule has 2 heterocycles. The highest BCUT2D eigenvalue weighted by Crippen LogP contribution is 2.68. The van der Waals surface area contributed by atoms with Gasteiger partial charge < -0.3 is 5.32 Å². The van der Waals surface area contributed by atoms with Gasteiger partial charge in [-0.05, 0) is 19.3 Å². The zero-order chi connectivity index (χ0) is 11.1. The third-order valence-electron chi connectivity index (χ3n) is 4.18. The lowest BCUT2D eigenvalue weighted by Gasteiger charge is -2.65. The average molecular weight is 223 g/mol. The van der Waals surface area contributed by atoms with Gasteiger partial charge in [-0.2, -0.15) is 0 Å². The number of nitrogens with one attached hydrogen (secondary N) is 1. The number of hydrogen-bond donors (Lipinski definition) is 1. The average Bonchev–Trinajstić information content (AvgIpc) is 2.18. The van der Waals surface area contributed by atoms with Crippen molar-refractivity contribution in [1.29, 1.82) is 0 Å². The summed E-state index contributed by atoms with van der Waals surface area (Å²) >= 11 is 0. The molecule has 15 heavy (non-hydrogen) atoms. The molecule has 4 atom stereocenters. The van der Waals surface area contributed by atoms with Crippen LogP contribution in [-0.4, -0.2) is 28.7 Å². The molecule has 4 rings (SSSR count). The number of carbonyl (C=O) groups excluding carboxylic acids is 1. The van der Waals surface area contributed by atoms with Crippen molar-refractivity contribution in [2.75, 3.05) is 0 Å². The molecule has 2 aliphatic carbocycles. The number of fused-ring (bicyclic) bond motifs is 2. The third-order valence-corrected chi connectivity index (χ3v) is 4.18. The van der Waals surface area contributed by atoms with E-state index < -0.39 is 48.0 Å². The molecule has 84 valence electrons. The zero-order valence-corrected chi connectivity index (χ0v) is 7.75. The molecule has 0 aromatic heterocycles. The van der Waals surface area contributed by atoms with Crippen molar-refractivity contribution < 1.29 is 22.4 Å². The van der Waals surface area contributed by atoms with Gasteiger partial charge in [0.2, 0.25) is 17.1 Å². The smallest absolute Gasteiger partial charge is 0.263 e. The van der Waals surface area contributed by atoms with E-state index in [4.69, 9.17) is 0 Å². The molecule has 0 aromatic carbocycles. The molecule has 2 saturated carbocycles. The van der Waals surface area contributed by atoms with Crippen LogP contribution in [0, 0.1) is 0 Å². The van der Waals surface area contributed by atoms with Gasteiger partial charge in [0.25, 0.3) is 5.91 Å². The van der Waals surface area contributed by atoms with E-state index in [9.17, 15) is 22.4 Å². The fourth-order valence-corrected chi connectivity index (χ4v) is 3.06. The van der Waals surface area contributed by atoms with Crippen molar-refractivity contribution in [3.05, 3.63) is 0 Å². The van der Waals surface area contributed by atoms with Gasteiger partial charge in [-0.3, -0.25) is 4.79 Å². The van der Waals surface area contributed by atoms with Crippen molar-refractivity contribution in [3.8, 4) is 0 Å². The lowest BCUT2D eigenvalue weighted by molar-refractivity contribution is -0.307. The Bertz CT molecular complexity index is 377. The van der Waals surface area contributed by atoms with Crippen LogP contribution >= 0.6 is 0 Å². The Morgan fingerprint density at radius 3 is 2.00 bits per heavy atom. The number of amides is 1. The minimum Gasteiger partial charge on any atom is -0.318 e. The number of carbonyl (C=O) groups is 1. The fraction of sp³-hybridized carbons (Fsp3) is 0.889. The van der Waals surface area contributed by atoms with Crippen molar-refractivity contribution >= 4 is 5.91 Å². The maximum absolute atomic E-state index is 14.1. The standard InChI is InChI=1S/C9H9F4NO/c10-6-1-4-9(13,14-5(6)15)8(12)3-2-7(6,8)11/h1-4H2,(H,14,15). The molecule has 1 N–H and O–H groups in total. The first-order valence-electron chi connectivity index (χ1n) is 4.87. The van der Waals surface area contributed by atoms with Crippen LogP contribution in [0.4, 0.5) is 17.6 Å². The van der Waals surface area contributed by atoms with Crippen LogP contribution in [0.5, 0.6) is 0 Å². The summed E-state index contributed by atoms with van der Waals surface area (Å²) in [5.74, 6) is -4.09. The summed E-state index contributed by atoms with van der Waals surface area (Å²) in [6.45, 7) is 0. The van der Waals surface area contributed by atoms with Crippen LogP contribution < -0.4 is 5.32 Å². The SMILES string of the molecule is O=C1NC2(F)CCC1(F)C1(F)CCC21F. The number of piperidine rings is 2. The van der Waals surface area contributed by atoms with Crippen LogP contribution in [0.15, 0.2) is 0 Å². The van der Waals surface area contributed by atoms with Crippen LogP contribution in [0.2, 0.25) is 0 Å². The molecule has 4 aliphatic rings. The summed E-state index contributed by atoms with van der Waals surface area (Å²) in [4.78, 5) is 11.2. The van der Waals surface area contributed by atoms with Crippen molar-refractivity contribution in [1.82, 2.24) is 5.32 Å². The van der Waals surface area contributed by atoms with Crippen LogP contribution in [0.1, 0.15) is 25.7 Å². The predicted octanol–water partition coefficient (Wildman–Crippen LogP) is 1.49. The molecular weight excluding hydrogens is 214 g/mol. The second-order valence-corrected chi connectivity index (χ2v) is 4.66. The summed E-state index contributed by atoms with van der Waals surface area (Å²) < 4.78 is 56.1. The Balaban J connectivity index is 2.20. The fourth-order valence-electron chi connectivity index (χ4n) is 3.06. The van der Waals surface area contributed by atoms with Gasteiger partial charge in [-0.1, -0.05) is 0 Å². The molecule has 2 aliphatic heterocycles. The lowest BCUT2D eigenvalue weighted by Crippen LogP contribution is -2.89. The van der Waals surface area contributed by atoms with Gasteiger partial charge >= 0.3 is 0 Å². The quantitative estimate of drug-likeness (QED) is 0.489. The number of alkyl halides is 4. The molecule has 1 amide bonds. The number of hydrogen-bond acceptors (Lipinski definition) is 1. The second-order valence-electron chi connectivity index (χ2n) is 4.66. The molecule has 0 aromatic rings. The van der Waals surface area contributed by atoms with Gasteiger partial charge in [-0.25, -0.2) is 17.6 Å². The first kappa shape index (κ1) is 9.42.